The fourth-order valence-electron chi connectivity index (χ4n) is 1.78. The quantitative estimate of drug-likeness (QED) is 0.934. The molecule has 0 radical (unpaired) electrons. The van der Waals surface area contributed by atoms with E-state index in [1.165, 1.54) is 0 Å². The van der Waals surface area contributed by atoms with Gasteiger partial charge in [-0.2, -0.15) is 11.3 Å². The smallest absolute Gasteiger partial charge is 0.179 e. The van der Waals surface area contributed by atoms with Crippen molar-refractivity contribution in [2.45, 2.75) is 6.04 Å². The van der Waals surface area contributed by atoms with Crippen molar-refractivity contribution in [2.75, 3.05) is 14.2 Å². The van der Waals surface area contributed by atoms with Crippen LogP contribution in [-0.2, 0) is 0 Å². The van der Waals surface area contributed by atoms with E-state index in [9.17, 15) is 0 Å². The Morgan fingerprint density at radius 3 is 2.56 bits per heavy atom. The number of rotatable bonds is 4. The van der Waals surface area contributed by atoms with Gasteiger partial charge in [0, 0.05) is 0 Å². The summed E-state index contributed by atoms with van der Waals surface area (Å²) >= 11 is 7.93. The van der Waals surface area contributed by atoms with Gasteiger partial charge in [0.2, 0.25) is 0 Å². The van der Waals surface area contributed by atoms with Crippen molar-refractivity contribution >= 4 is 22.9 Å². The molecule has 0 aliphatic carbocycles. The molecular formula is C13H14ClNO2S. The van der Waals surface area contributed by atoms with Gasteiger partial charge >= 0.3 is 0 Å². The fraction of sp³-hybridized carbons (Fsp3) is 0.231. The van der Waals surface area contributed by atoms with Gasteiger partial charge in [-0.3, -0.25) is 0 Å². The van der Waals surface area contributed by atoms with Crippen LogP contribution < -0.4 is 15.2 Å². The Labute approximate surface area is 115 Å². The summed E-state index contributed by atoms with van der Waals surface area (Å²) in [6.07, 6.45) is 0. The van der Waals surface area contributed by atoms with E-state index in [0.29, 0.717) is 16.5 Å². The number of methoxy groups -OCH3 is 2. The molecule has 0 bridgehead atoms. The molecule has 2 N–H and O–H groups in total. The second-order valence-electron chi connectivity index (χ2n) is 3.74. The van der Waals surface area contributed by atoms with Gasteiger partial charge in [0.05, 0.1) is 25.3 Å². The number of hydrogen-bond acceptors (Lipinski definition) is 4. The molecule has 0 unspecified atom stereocenters. The summed E-state index contributed by atoms with van der Waals surface area (Å²) in [5, 5.41) is 4.50. The van der Waals surface area contributed by atoms with Crippen LogP contribution in [0.1, 0.15) is 17.2 Å². The first kappa shape index (κ1) is 13.2. The zero-order valence-electron chi connectivity index (χ0n) is 10.1. The van der Waals surface area contributed by atoms with Crippen molar-refractivity contribution in [1.29, 1.82) is 0 Å². The van der Waals surface area contributed by atoms with Crippen LogP contribution in [0, 0.1) is 0 Å². The molecule has 2 aromatic rings. The van der Waals surface area contributed by atoms with Crippen LogP contribution in [0.25, 0.3) is 0 Å². The Kier molecular flexibility index (Phi) is 4.11. The zero-order valence-corrected chi connectivity index (χ0v) is 11.7. The van der Waals surface area contributed by atoms with E-state index in [2.05, 4.69) is 0 Å². The van der Waals surface area contributed by atoms with E-state index in [4.69, 9.17) is 26.8 Å². The third kappa shape index (κ3) is 2.32. The lowest BCUT2D eigenvalue weighted by molar-refractivity contribution is 0.354. The number of benzene rings is 1. The molecular weight excluding hydrogens is 270 g/mol. The van der Waals surface area contributed by atoms with E-state index in [0.717, 1.165) is 11.1 Å². The summed E-state index contributed by atoms with van der Waals surface area (Å²) in [6.45, 7) is 0. The van der Waals surface area contributed by atoms with Crippen LogP contribution in [0.4, 0.5) is 0 Å². The first-order valence-corrected chi connectivity index (χ1v) is 6.69. The third-order valence-electron chi connectivity index (χ3n) is 2.75. The minimum atomic E-state index is -0.261. The minimum absolute atomic E-state index is 0.261. The molecule has 96 valence electrons. The Balaban J connectivity index is 2.46. The van der Waals surface area contributed by atoms with Crippen molar-refractivity contribution in [3.05, 3.63) is 45.1 Å². The molecule has 0 aliphatic rings. The molecule has 3 nitrogen and oxygen atoms in total. The van der Waals surface area contributed by atoms with Gasteiger partial charge < -0.3 is 15.2 Å². The molecule has 1 aromatic carbocycles. The summed E-state index contributed by atoms with van der Waals surface area (Å²) in [5.41, 5.74) is 8.07. The van der Waals surface area contributed by atoms with Crippen molar-refractivity contribution in [1.82, 2.24) is 0 Å². The Bertz CT molecular complexity index is 528. The summed E-state index contributed by atoms with van der Waals surface area (Å²) < 4.78 is 10.5. The highest BCUT2D eigenvalue weighted by molar-refractivity contribution is 7.08. The second kappa shape index (κ2) is 5.61. The molecule has 0 aliphatic heterocycles. The highest BCUT2D eigenvalue weighted by Crippen LogP contribution is 2.40. The SMILES string of the molecule is COc1ccc([C@@H](N)c2ccsc2)c(Cl)c1OC. The van der Waals surface area contributed by atoms with Crippen LogP contribution in [0.3, 0.4) is 0 Å². The molecule has 0 fully saturated rings. The zero-order chi connectivity index (χ0) is 13.1. The number of thiophene rings is 1. The maximum absolute atomic E-state index is 6.32. The van der Waals surface area contributed by atoms with Gasteiger partial charge in [0.25, 0.3) is 0 Å². The predicted molar refractivity (Wildman–Crippen MR) is 74.9 cm³/mol. The Hall–Kier alpha value is -1.23. The molecule has 18 heavy (non-hydrogen) atoms. The standard InChI is InChI=1S/C13H14ClNO2S/c1-16-10-4-3-9(11(14)13(10)17-2)12(15)8-5-6-18-7-8/h3-7,12H,15H2,1-2H3/t12-/m0/s1. The Morgan fingerprint density at radius 2 is 2.00 bits per heavy atom. The van der Waals surface area contributed by atoms with Crippen LogP contribution >= 0.6 is 22.9 Å². The normalized spacial score (nSPS) is 12.2. The summed E-state index contributed by atoms with van der Waals surface area (Å²) in [6, 6.07) is 5.41. The molecule has 0 spiro atoms. The van der Waals surface area contributed by atoms with Gasteiger partial charge in [-0.1, -0.05) is 17.7 Å². The van der Waals surface area contributed by atoms with Crippen molar-refractivity contribution in [3.8, 4) is 11.5 Å². The fourth-order valence-corrected chi connectivity index (χ4v) is 2.82. The molecule has 2 rings (SSSR count). The lowest BCUT2D eigenvalue weighted by Crippen LogP contribution is -2.12. The summed E-state index contributed by atoms with van der Waals surface area (Å²) in [5.74, 6) is 1.12. The minimum Gasteiger partial charge on any atom is -0.493 e. The van der Waals surface area contributed by atoms with Crippen molar-refractivity contribution in [3.63, 3.8) is 0 Å². The summed E-state index contributed by atoms with van der Waals surface area (Å²) in [4.78, 5) is 0. The second-order valence-corrected chi connectivity index (χ2v) is 4.90. The van der Waals surface area contributed by atoms with Gasteiger partial charge in [0.1, 0.15) is 0 Å². The number of nitrogens with two attached hydrogens (primary N) is 1. The molecule has 1 aromatic heterocycles. The Morgan fingerprint density at radius 1 is 1.22 bits per heavy atom. The van der Waals surface area contributed by atoms with E-state index >= 15 is 0 Å². The number of halogens is 1. The highest BCUT2D eigenvalue weighted by atomic mass is 35.5. The van der Waals surface area contributed by atoms with E-state index in [-0.39, 0.29) is 6.04 Å². The molecule has 1 atom stereocenters. The largest absolute Gasteiger partial charge is 0.493 e. The van der Waals surface area contributed by atoms with Gasteiger partial charge in [-0.05, 0) is 34.0 Å². The monoisotopic (exact) mass is 283 g/mol. The predicted octanol–water partition coefficient (Wildman–Crippen LogP) is 3.47. The first-order valence-electron chi connectivity index (χ1n) is 5.37. The van der Waals surface area contributed by atoms with Crippen molar-refractivity contribution in [2.24, 2.45) is 5.73 Å². The molecule has 0 saturated heterocycles. The highest BCUT2D eigenvalue weighted by Gasteiger charge is 2.18. The number of ether oxygens (including phenoxy) is 2. The van der Waals surface area contributed by atoms with Crippen molar-refractivity contribution < 1.29 is 9.47 Å². The molecule has 0 amide bonds. The average Bonchev–Trinajstić information content (AvgIpc) is 2.91. The van der Waals surface area contributed by atoms with E-state index < -0.39 is 0 Å². The maximum Gasteiger partial charge on any atom is 0.179 e. The average molecular weight is 284 g/mol. The number of hydrogen-bond donors (Lipinski definition) is 1. The van der Waals surface area contributed by atoms with Crippen LogP contribution in [-0.4, -0.2) is 14.2 Å². The van der Waals surface area contributed by atoms with Crippen LogP contribution in [0.15, 0.2) is 29.0 Å². The lowest BCUT2D eigenvalue weighted by atomic mass is 10.0. The van der Waals surface area contributed by atoms with E-state index in [1.807, 2.05) is 29.0 Å². The third-order valence-corrected chi connectivity index (χ3v) is 3.84. The first-order chi connectivity index (χ1) is 8.69. The van der Waals surface area contributed by atoms with Gasteiger partial charge in [-0.15, -0.1) is 0 Å². The topological polar surface area (TPSA) is 44.5 Å². The van der Waals surface area contributed by atoms with Crippen LogP contribution in [0.5, 0.6) is 11.5 Å². The lowest BCUT2D eigenvalue weighted by Gasteiger charge is -2.16. The maximum atomic E-state index is 6.32. The van der Waals surface area contributed by atoms with E-state index in [1.54, 1.807) is 25.6 Å². The summed E-state index contributed by atoms with van der Waals surface area (Å²) in [7, 11) is 3.14. The van der Waals surface area contributed by atoms with Gasteiger partial charge in [-0.25, -0.2) is 0 Å². The van der Waals surface area contributed by atoms with Crippen LogP contribution in [0.2, 0.25) is 5.02 Å². The molecule has 5 heteroatoms. The molecule has 0 saturated carbocycles. The molecule has 1 heterocycles. The van der Waals surface area contributed by atoms with Gasteiger partial charge in [0.15, 0.2) is 11.5 Å².